The van der Waals surface area contributed by atoms with Crippen LogP contribution in [0.4, 0.5) is 0 Å². The number of amides is 1. The van der Waals surface area contributed by atoms with Gasteiger partial charge < -0.3 is 9.64 Å². The van der Waals surface area contributed by atoms with Crippen molar-refractivity contribution < 1.29 is 14.3 Å². The minimum absolute atomic E-state index is 0.148. The predicted octanol–water partition coefficient (Wildman–Crippen LogP) is 1.73. The van der Waals surface area contributed by atoms with Crippen LogP contribution in [0, 0.1) is 0 Å². The molecule has 0 aromatic carbocycles. The smallest absolute Gasteiger partial charge is 0.305 e. The minimum Gasteiger partial charge on any atom is -0.469 e. The van der Waals surface area contributed by atoms with Crippen molar-refractivity contribution in [2.75, 3.05) is 13.7 Å². The maximum atomic E-state index is 11.5. The van der Waals surface area contributed by atoms with Gasteiger partial charge in [0.2, 0.25) is 5.91 Å². The van der Waals surface area contributed by atoms with Crippen molar-refractivity contribution in [1.82, 2.24) is 4.90 Å². The molecule has 0 N–H and O–H groups in total. The van der Waals surface area contributed by atoms with Crippen LogP contribution in [-0.2, 0) is 14.3 Å². The first-order chi connectivity index (χ1) is 7.65. The van der Waals surface area contributed by atoms with Crippen LogP contribution in [0.5, 0.6) is 0 Å². The number of nitrogens with zero attached hydrogens (tertiary/aromatic N) is 1. The molecule has 4 nitrogen and oxygen atoms in total. The SMILES string of the molecule is COC(=O)CCCCCN1C(=O)CCC1C. The average molecular weight is 227 g/mol. The highest BCUT2D eigenvalue weighted by molar-refractivity contribution is 5.78. The Morgan fingerprint density at radius 2 is 2.19 bits per heavy atom. The van der Waals surface area contributed by atoms with Crippen LogP contribution in [0.1, 0.15) is 45.4 Å². The number of hydrogen-bond acceptors (Lipinski definition) is 3. The van der Waals surface area contributed by atoms with Crippen LogP contribution in [0.3, 0.4) is 0 Å². The molecule has 1 saturated heterocycles. The molecule has 0 aromatic rings. The number of ether oxygens (including phenoxy) is 1. The monoisotopic (exact) mass is 227 g/mol. The highest BCUT2D eigenvalue weighted by Crippen LogP contribution is 2.18. The molecule has 1 aliphatic heterocycles. The van der Waals surface area contributed by atoms with Gasteiger partial charge in [0.15, 0.2) is 0 Å². The molecular formula is C12H21NO3. The summed E-state index contributed by atoms with van der Waals surface area (Å²) < 4.78 is 4.56. The number of likely N-dealkylation sites (tertiary alicyclic amines) is 1. The van der Waals surface area contributed by atoms with E-state index < -0.39 is 0 Å². The summed E-state index contributed by atoms with van der Waals surface area (Å²) >= 11 is 0. The molecule has 1 aliphatic rings. The van der Waals surface area contributed by atoms with Gasteiger partial charge in [0.05, 0.1) is 7.11 Å². The largest absolute Gasteiger partial charge is 0.469 e. The Hall–Kier alpha value is -1.06. The lowest BCUT2D eigenvalue weighted by Crippen LogP contribution is -2.31. The maximum Gasteiger partial charge on any atom is 0.305 e. The third-order valence-corrected chi connectivity index (χ3v) is 3.14. The Morgan fingerprint density at radius 3 is 2.75 bits per heavy atom. The van der Waals surface area contributed by atoms with Gasteiger partial charge in [0.1, 0.15) is 0 Å². The number of rotatable bonds is 6. The molecule has 0 saturated carbocycles. The summed E-state index contributed by atoms with van der Waals surface area (Å²) in [5, 5.41) is 0. The van der Waals surface area contributed by atoms with Crippen LogP contribution in [0.15, 0.2) is 0 Å². The van der Waals surface area contributed by atoms with E-state index in [0.29, 0.717) is 18.9 Å². The topological polar surface area (TPSA) is 46.6 Å². The Bertz CT molecular complexity index is 253. The summed E-state index contributed by atoms with van der Waals surface area (Å²) in [5.74, 6) is 0.131. The standard InChI is InChI=1S/C12H21NO3/c1-10-7-8-11(14)13(10)9-5-3-4-6-12(15)16-2/h10H,3-9H2,1-2H3. The first-order valence-electron chi connectivity index (χ1n) is 6.01. The van der Waals surface area contributed by atoms with Crippen LogP contribution in [0.2, 0.25) is 0 Å². The lowest BCUT2D eigenvalue weighted by atomic mass is 10.2. The second-order valence-corrected chi connectivity index (χ2v) is 4.36. The van der Waals surface area contributed by atoms with Crippen molar-refractivity contribution in [3.05, 3.63) is 0 Å². The Kier molecular flexibility index (Phi) is 5.29. The van der Waals surface area contributed by atoms with Gasteiger partial charge in [-0.05, 0) is 26.2 Å². The van der Waals surface area contributed by atoms with Crippen LogP contribution < -0.4 is 0 Å². The van der Waals surface area contributed by atoms with Crippen molar-refractivity contribution in [2.45, 2.75) is 51.5 Å². The number of hydrogen-bond donors (Lipinski definition) is 0. The molecule has 1 amide bonds. The lowest BCUT2D eigenvalue weighted by molar-refractivity contribution is -0.140. The maximum absolute atomic E-state index is 11.5. The second-order valence-electron chi connectivity index (χ2n) is 4.36. The van der Waals surface area contributed by atoms with Gasteiger partial charge in [-0.15, -0.1) is 0 Å². The molecule has 1 fully saturated rings. The second kappa shape index (κ2) is 6.51. The van der Waals surface area contributed by atoms with Gasteiger partial charge in [0, 0.05) is 25.4 Å². The van der Waals surface area contributed by atoms with Crippen LogP contribution in [-0.4, -0.2) is 36.5 Å². The van der Waals surface area contributed by atoms with E-state index in [9.17, 15) is 9.59 Å². The summed E-state index contributed by atoms with van der Waals surface area (Å²) in [6.45, 7) is 2.93. The fourth-order valence-corrected chi connectivity index (χ4v) is 2.05. The van der Waals surface area contributed by atoms with Crippen LogP contribution in [0.25, 0.3) is 0 Å². The molecule has 0 bridgehead atoms. The molecule has 92 valence electrons. The fourth-order valence-electron chi connectivity index (χ4n) is 2.05. The Morgan fingerprint density at radius 1 is 1.44 bits per heavy atom. The zero-order valence-electron chi connectivity index (χ0n) is 10.2. The van der Waals surface area contributed by atoms with E-state index in [1.807, 2.05) is 4.90 Å². The molecule has 16 heavy (non-hydrogen) atoms. The summed E-state index contributed by atoms with van der Waals surface area (Å²) in [4.78, 5) is 24.3. The van der Waals surface area contributed by atoms with Gasteiger partial charge in [-0.2, -0.15) is 0 Å². The molecule has 1 rings (SSSR count). The molecule has 1 unspecified atom stereocenters. The quantitative estimate of drug-likeness (QED) is 0.513. The van der Waals surface area contributed by atoms with Crippen molar-refractivity contribution in [3.8, 4) is 0 Å². The fraction of sp³-hybridized carbons (Fsp3) is 0.833. The molecule has 1 heterocycles. The molecule has 0 aliphatic carbocycles. The number of unbranched alkanes of at least 4 members (excludes halogenated alkanes) is 2. The normalized spacial score (nSPS) is 20.2. The Balaban J connectivity index is 2.07. The van der Waals surface area contributed by atoms with Crippen LogP contribution >= 0.6 is 0 Å². The molecule has 0 radical (unpaired) electrons. The molecular weight excluding hydrogens is 206 g/mol. The zero-order valence-corrected chi connectivity index (χ0v) is 10.2. The van der Waals surface area contributed by atoms with Gasteiger partial charge in [-0.1, -0.05) is 6.42 Å². The third-order valence-electron chi connectivity index (χ3n) is 3.14. The number of carbonyl (C=O) groups excluding carboxylic acids is 2. The summed E-state index contributed by atoms with van der Waals surface area (Å²) in [5.41, 5.74) is 0. The number of carbonyl (C=O) groups is 2. The number of esters is 1. The average Bonchev–Trinajstić information content (AvgIpc) is 2.59. The van der Waals surface area contributed by atoms with Crippen molar-refractivity contribution >= 4 is 11.9 Å². The molecule has 1 atom stereocenters. The summed E-state index contributed by atoms with van der Waals surface area (Å²) in [7, 11) is 1.41. The van der Waals surface area contributed by atoms with Crippen molar-refractivity contribution in [2.24, 2.45) is 0 Å². The van der Waals surface area contributed by atoms with Crippen molar-refractivity contribution in [1.29, 1.82) is 0 Å². The Labute approximate surface area is 96.9 Å². The van der Waals surface area contributed by atoms with E-state index >= 15 is 0 Å². The predicted molar refractivity (Wildman–Crippen MR) is 60.9 cm³/mol. The van der Waals surface area contributed by atoms with E-state index in [1.54, 1.807) is 0 Å². The summed E-state index contributed by atoms with van der Waals surface area (Å²) in [6, 6.07) is 0.396. The highest BCUT2D eigenvalue weighted by Gasteiger charge is 2.26. The first-order valence-corrected chi connectivity index (χ1v) is 6.01. The van der Waals surface area contributed by atoms with E-state index in [-0.39, 0.29) is 11.9 Å². The lowest BCUT2D eigenvalue weighted by Gasteiger charge is -2.21. The van der Waals surface area contributed by atoms with E-state index in [0.717, 1.165) is 32.2 Å². The first kappa shape index (κ1) is 13.0. The van der Waals surface area contributed by atoms with Crippen molar-refractivity contribution in [3.63, 3.8) is 0 Å². The van der Waals surface area contributed by atoms with Gasteiger partial charge in [0.25, 0.3) is 0 Å². The van der Waals surface area contributed by atoms with E-state index in [2.05, 4.69) is 11.7 Å². The van der Waals surface area contributed by atoms with E-state index in [4.69, 9.17) is 0 Å². The van der Waals surface area contributed by atoms with E-state index in [1.165, 1.54) is 7.11 Å². The minimum atomic E-state index is -0.148. The third kappa shape index (κ3) is 3.83. The molecule has 0 aromatic heterocycles. The highest BCUT2D eigenvalue weighted by atomic mass is 16.5. The van der Waals surface area contributed by atoms with Gasteiger partial charge >= 0.3 is 5.97 Å². The van der Waals surface area contributed by atoms with Gasteiger partial charge in [-0.3, -0.25) is 9.59 Å². The van der Waals surface area contributed by atoms with Gasteiger partial charge in [-0.25, -0.2) is 0 Å². The summed E-state index contributed by atoms with van der Waals surface area (Å²) in [6.07, 6.45) is 4.98. The molecule has 0 spiro atoms. The molecule has 4 heteroatoms. The zero-order chi connectivity index (χ0) is 12.0. The number of methoxy groups -OCH3 is 1.